The van der Waals surface area contributed by atoms with Crippen LogP contribution in [0.25, 0.3) is 0 Å². The molecule has 1 atom stereocenters. The van der Waals surface area contributed by atoms with Crippen LogP contribution in [0.3, 0.4) is 0 Å². The number of amides is 1. The minimum Gasteiger partial charge on any atom is -0.360 e. The number of sulfone groups is 1. The number of nitrogens with one attached hydrogen (secondary N) is 1. The Balaban J connectivity index is 2.28. The highest BCUT2D eigenvalue weighted by atomic mass is 32.2. The second-order valence-electron chi connectivity index (χ2n) is 4.57. The van der Waals surface area contributed by atoms with E-state index in [1.54, 1.807) is 6.92 Å². The molecule has 0 saturated heterocycles. The summed E-state index contributed by atoms with van der Waals surface area (Å²) in [7, 11) is -4.39. The highest BCUT2D eigenvalue weighted by Crippen LogP contribution is 2.21. The molecule has 0 aliphatic rings. The first-order valence-corrected chi connectivity index (χ1v) is 7.69. The molecule has 1 N–H and O–H groups in total. The summed E-state index contributed by atoms with van der Waals surface area (Å²) in [6.45, 7) is 2.66. The molecule has 1 aromatic carbocycles. The molecule has 118 valence electrons. The highest BCUT2D eigenvalue weighted by Gasteiger charge is 2.32. The molecular weight excluding hydrogens is 318 g/mol. The standard InChI is InChI=1S/C13H12F2N2O4S/c1-7-5-12(17-21-7)16-13(18)8(2)22(19,20)11-6-9(14)3-4-10(11)15/h3-6,8H,1-2H3,(H,16,17,18)/t8-/m1/s1. The van der Waals surface area contributed by atoms with E-state index in [2.05, 4.69) is 10.5 Å². The van der Waals surface area contributed by atoms with Gasteiger partial charge in [0.1, 0.15) is 27.5 Å². The molecule has 0 spiro atoms. The third-order valence-corrected chi connectivity index (χ3v) is 4.98. The number of hydrogen-bond donors (Lipinski definition) is 1. The fourth-order valence-electron chi connectivity index (χ4n) is 1.68. The molecule has 6 nitrogen and oxygen atoms in total. The van der Waals surface area contributed by atoms with Crippen molar-refractivity contribution in [2.75, 3.05) is 5.32 Å². The summed E-state index contributed by atoms with van der Waals surface area (Å²) >= 11 is 0. The fourth-order valence-corrected chi connectivity index (χ4v) is 3.02. The molecule has 0 bridgehead atoms. The van der Waals surface area contributed by atoms with Gasteiger partial charge < -0.3 is 9.84 Å². The average molecular weight is 330 g/mol. The van der Waals surface area contributed by atoms with Crippen molar-refractivity contribution in [2.24, 2.45) is 0 Å². The number of benzene rings is 1. The number of halogens is 2. The van der Waals surface area contributed by atoms with Gasteiger partial charge in [-0.2, -0.15) is 0 Å². The van der Waals surface area contributed by atoms with Crippen LogP contribution in [0.5, 0.6) is 0 Å². The van der Waals surface area contributed by atoms with Crippen molar-refractivity contribution in [1.82, 2.24) is 5.16 Å². The number of aryl methyl sites for hydroxylation is 1. The molecule has 9 heteroatoms. The Kier molecular flexibility index (Phi) is 4.27. The van der Waals surface area contributed by atoms with E-state index in [9.17, 15) is 22.0 Å². The fraction of sp³-hybridized carbons (Fsp3) is 0.231. The van der Waals surface area contributed by atoms with E-state index in [1.807, 2.05) is 0 Å². The van der Waals surface area contributed by atoms with Crippen LogP contribution in [0.2, 0.25) is 0 Å². The van der Waals surface area contributed by atoms with E-state index in [4.69, 9.17) is 4.52 Å². The maximum atomic E-state index is 13.6. The quantitative estimate of drug-likeness (QED) is 0.927. The third kappa shape index (κ3) is 3.14. The maximum absolute atomic E-state index is 13.6. The van der Waals surface area contributed by atoms with Crippen LogP contribution in [-0.4, -0.2) is 24.7 Å². The number of hydrogen-bond acceptors (Lipinski definition) is 5. The van der Waals surface area contributed by atoms with Crippen molar-refractivity contribution in [2.45, 2.75) is 24.0 Å². The van der Waals surface area contributed by atoms with Crippen LogP contribution in [0.15, 0.2) is 33.7 Å². The Labute approximate surface area is 125 Å². The molecule has 0 aliphatic carbocycles. The third-order valence-electron chi connectivity index (χ3n) is 2.91. The second kappa shape index (κ2) is 5.84. The largest absolute Gasteiger partial charge is 0.360 e. The zero-order valence-electron chi connectivity index (χ0n) is 11.6. The van der Waals surface area contributed by atoms with Gasteiger partial charge in [-0.15, -0.1) is 0 Å². The molecule has 0 unspecified atom stereocenters. The van der Waals surface area contributed by atoms with E-state index < -0.39 is 37.5 Å². The predicted molar refractivity (Wildman–Crippen MR) is 72.9 cm³/mol. The number of anilines is 1. The Hall–Kier alpha value is -2.29. The summed E-state index contributed by atoms with van der Waals surface area (Å²) < 4.78 is 55.9. The molecule has 1 amide bonds. The molecule has 0 saturated carbocycles. The molecule has 2 rings (SSSR count). The summed E-state index contributed by atoms with van der Waals surface area (Å²) in [5.41, 5.74) is 0. The minimum atomic E-state index is -4.39. The summed E-state index contributed by atoms with van der Waals surface area (Å²) in [5, 5.41) is 4.08. The molecule has 1 heterocycles. The van der Waals surface area contributed by atoms with Gasteiger partial charge in [0.2, 0.25) is 5.91 Å². The molecule has 22 heavy (non-hydrogen) atoms. The molecule has 0 aliphatic heterocycles. The van der Waals surface area contributed by atoms with Gasteiger partial charge in [0.15, 0.2) is 15.7 Å². The number of carbonyl (C=O) groups excluding carboxylic acids is 1. The zero-order chi connectivity index (χ0) is 16.5. The lowest BCUT2D eigenvalue weighted by atomic mass is 10.3. The minimum absolute atomic E-state index is 0.0317. The van der Waals surface area contributed by atoms with Crippen LogP contribution in [0.1, 0.15) is 12.7 Å². The normalized spacial score (nSPS) is 12.9. The van der Waals surface area contributed by atoms with Crippen molar-refractivity contribution >= 4 is 21.6 Å². The zero-order valence-corrected chi connectivity index (χ0v) is 12.4. The van der Waals surface area contributed by atoms with Gasteiger partial charge >= 0.3 is 0 Å². The van der Waals surface area contributed by atoms with Gasteiger partial charge in [-0.3, -0.25) is 4.79 Å². The number of aromatic nitrogens is 1. The summed E-state index contributed by atoms with van der Waals surface area (Å²) in [6.07, 6.45) is 0. The molecule has 2 aromatic rings. The second-order valence-corrected chi connectivity index (χ2v) is 6.81. The first-order valence-electron chi connectivity index (χ1n) is 6.15. The predicted octanol–water partition coefficient (Wildman–Crippen LogP) is 2.06. The molecule has 0 radical (unpaired) electrons. The highest BCUT2D eigenvalue weighted by molar-refractivity contribution is 7.92. The number of rotatable bonds is 4. The van der Waals surface area contributed by atoms with Crippen LogP contribution in [0.4, 0.5) is 14.6 Å². The number of carbonyl (C=O) groups is 1. The van der Waals surface area contributed by atoms with Gasteiger partial charge in [0.25, 0.3) is 0 Å². The SMILES string of the molecule is Cc1cc(NC(=O)[C@@H](C)S(=O)(=O)c2cc(F)ccc2F)no1. The van der Waals surface area contributed by atoms with Crippen LogP contribution in [0, 0.1) is 18.6 Å². The lowest BCUT2D eigenvalue weighted by molar-refractivity contribution is -0.115. The van der Waals surface area contributed by atoms with Crippen molar-refractivity contribution in [3.8, 4) is 0 Å². The van der Waals surface area contributed by atoms with Crippen molar-refractivity contribution in [3.05, 3.63) is 41.7 Å². The van der Waals surface area contributed by atoms with Gasteiger partial charge in [-0.05, 0) is 32.0 Å². The molecule has 0 fully saturated rings. The monoisotopic (exact) mass is 330 g/mol. The van der Waals surface area contributed by atoms with Gasteiger partial charge in [0.05, 0.1) is 0 Å². The average Bonchev–Trinajstić information content (AvgIpc) is 2.85. The van der Waals surface area contributed by atoms with Crippen molar-refractivity contribution in [3.63, 3.8) is 0 Å². The Bertz CT molecular complexity index is 817. The van der Waals surface area contributed by atoms with Gasteiger partial charge in [-0.1, -0.05) is 5.16 Å². The summed E-state index contributed by atoms with van der Waals surface area (Å²) in [4.78, 5) is 11.1. The van der Waals surface area contributed by atoms with Crippen molar-refractivity contribution in [1.29, 1.82) is 0 Å². The van der Waals surface area contributed by atoms with E-state index in [0.29, 0.717) is 17.9 Å². The van der Waals surface area contributed by atoms with Gasteiger partial charge in [0, 0.05) is 6.07 Å². The van der Waals surface area contributed by atoms with E-state index >= 15 is 0 Å². The van der Waals surface area contributed by atoms with Crippen LogP contribution in [-0.2, 0) is 14.6 Å². The molecular formula is C13H12F2N2O4S. The lowest BCUT2D eigenvalue weighted by Gasteiger charge is -2.12. The topological polar surface area (TPSA) is 89.3 Å². The first-order chi connectivity index (χ1) is 10.2. The Morgan fingerprint density at radius 3 is 2.59 bits per heavy atom. The Morgan fingerprint density at radius 1 is 1.32 bits per heavy atom. The summed E-state index contributed by atoms with van der Waals surface area (Å²) in [6, 6.07) is 3.40. The van der Waals surface area contributed by atoms with Crippen molar-refractivity contribution < 1.29 is 26.5 Å². The summed E-state index contributed by atoms with van der Waals surface area (Å²) in [5.74, 6) is -2.53. The first kappa shape index (κ1) is 16.1. The van der Waals surface area contributed by atoms with Crippen LogP contribution >= 0.6 is 0 Å². The lowest BCUT2D eigenvalue weighted by Crippen LogP contribution is -2.33. The molecule has 1 aromatic heterocycles. The van der Waals surface area contributed by atoms with E-state index in [1.165, 1.54) is 6.07 Å². The van der Waals surface area contributed by atoms with E-state index in [0.717, 1.165) is 13.0 Å². The van der Waals surface area contributed by atoms with E-state index in [-0.39, 0.29) is 5.82 Å². The Morgan fingerprint density at radius 2 is 2.00 bits per heavy atom. The van der Waals surface area contributed by atoms with Gasteiger partial charge in [-0.25, -0.2) is 17.2 Å². The smallest absolute Gasteiger partial charge is 0.244 e. The van der Waals surface area contributed by atoms with Crippen LogP contribution < -0.4 is 5.32 Å². The maximum Gasteiger partial charge on any atom is 0.244 e. The number of nitrogens with zero attached hydrogens (tertiary/aromatic N) is 1.